The zero-order valence-corrected chi connectivity index (χ0v) is 9.14. The van der Waals surface area contributed by atoms with Crippen molar-refractivity contribution in [1.82, 2.24) is 20.0 Å². The summed E-state index contributed by atoms with van der Waals surface area (Å²) in [6, 6.07) is 4.73. The SMILES string of the molecule is Cn1nccc1C(=O)Nc1ccc(Cl)nn1. The third-order valence-corrected chi connectivity index (χ3v) is 2.13. The zero-order valence-electron chi connectivity index (χ0n) is 8.38. The highest BCUT2D eigenvalue weighted by Gasteiger charge is 2.10. The Morgan fingerprint density at radius 3 is 2.75 bits per heavy atom. The molecule has 6 nitrogen and oxygen atoms in total. The van der Waals surface area contributed by atoms with Crippen molar-refractivity contribution in [2.75, 3.05) is 5.32 Å². The zero-order chi connectivity index (χ0) is 11.5. The maximum absolute atomic E-state index is 11.7. The Labute approximate surface area is 96.2 Å². The fourth-order valence-electron chi connectivity index (χ4n) is 1.16. The van der Waals surface area contributed by atoms with Gasteiger partial charge in [0.25, 0.3) is 5.91 Å². The number of aryl methyl sites for hydroxylation is 1. The van der Waals surface area contributed by atoms with E-state index in [0.29, 0.717) is 11.5 Å². The molecular formula is C9H8ClN5O. The van der Waals surface area contributed by atoms with E-state index < -0.39 is 0 Å². The summed E-state index contributed by atoms with van der Waals surface area (Å²) in [6.45, 7) is 0. The molecule has 0 aliphatic heterocycles. The van der Waals surface area contributed by atoms with Crippen LogP contribution in [0.4, 0.5) is 5.82 Å². The van der Waals surface area contributed by atoms with E-state index in [9.17, 15) is 4.79 Å². The Balaban J connectivity index is 2.14. The van der Waals surface area contributed by atoms with Crippen molar-refractivity contribution in [3.8, 4) is 0 Å². The number of rotatable bonds is 2. The topological polar surface area (TPSA) is 72.7 Å². The van der Waals surface area contributed by atoms with Crippen LogP contribution in [0.25, 0.3) is 0 Å². The third-order valence-electron chi connectivity index (χ3n) is 1.93. The molecular weight excluding hydrogens is 230 g/mol. The van der Waals surface area contributed by atoms with Crippen molar-refractivity contribution in [1.29, 1.82) is 0 Å². The number of hydrogen-bond donors (Lipinski definition) is 1. The summed E-state index contributed by atoms with van der Waals surface area (Å²) in [6.07, 6.45) is 1.54. The number of carbonyl (C=O) groups is 1. The summed E-state index contributed by atoms with van der Waals surface area (Å²) in [5.41, 5.74) is 0.441. The molecule has 2 aromatic heterocycles. The number of aromatic nitrogens is 4. The Morgan fingerprint density at radius 2 is 2.19 bits per heavy atom. The first-order valence-electron chi connectivity index (χ1n) is 4.45. The Morgan fingerprint density at radius 1 is 1.38 bits per heavy atom. The lowest BCUT2D eigenvalue weighted by Gasteiger charge is -2.03. The van der Waals surface area contributed by atoms with Crippen molar-refractivity contribution in [2.45, 2.75) is 0 Å². The van der Waals surface area contributed by atoms with E-state index in [1.807, 2.05) is 0 Å². The molecule has 0 unspecified atom stereocenters. The molecule has 0 radical (unpaired) electrons. The van der Waals surface area contributed by atoms with Gasteiger partial charge in [-0.1, -0.05) is 11.6 Å². The molecule has 0 saturated heterocycles. The molecule has 1 amide bonds. The van der Waals surface area contributed by atoms with E-state index >= 15 is 0 Å². The second-order valence-electron chi connectivity index (χ2n) is 3.04. The minimum atomic E-state index is -0.295. The first kappa shape index (κ1) is 10.6. The molecule has 82 valence electrons. The molecule has 0 atom stereocenters. The fourth-order valence-corrected chi connectivity index (χ4v) is 1.26. The van der Waals surface area contributed by atoms with Gasteiger partial charge in [0.2, 0.25) is 0 Å². The molecule has 2 rings (SSSR count). The maximum atomic E-state index is 11.7. The normalized spacial score (nSPS) is 10.1. The molecule has 0 spiro atoms. The smallest absolute Gasteiger partial charge is 0.275 e. The number of anilines is 1. The van der Waals surface area contributed by atoms with E-state index in [0.717, 1.165) is 0 Å². The number of nitrogens with one attached hydrogen (secondary N) is 1. The molecule has 0 aliphatic carbocycles. The summed E-state index contributed by atoms with van der Waals surface area (Å²) in [5, 5.41) is 14.1. The van der Waals surface area contributed by atoms with E-state index in [2.05, 4.69) is 20.6 Å². The van der Waals surface area contributed by atoms with E-state index in [4.69, 9.17) is 11.6 Å². The number of carbonyl (C=O) groups excluding carboxylic acids is 1. The Kier molecular flexibility index (Phi) is 2.82. The quantitative estimate of drug-likeness (QED) is 0.849. The lowest BCUT2D eigenvalue weighted by Crippen LogP contribution is -2.17. The van der Waals surface area contributed by atoms with Crippen LogP contribution in [0.5, 0.6) is 0 Å². The van der Waals surface area contributed by atoms with Crippen LogP contribution in [-0.4, -0.2) is 25.9 Å². The maximum Gasteiger partial charge on any atom is 0.275 e. The van der Waals surface area contributed by atoms with Crippen LogP contribution in [0.1, 0.15) is 10.5 Å². The monoisotopic (exact) mass is 237 g/mol. The minimum absolute atomic E-state index is 0.276. The van der Waals surface area contributed by atoms with Crippen LogP contribution in [0, 0.1) is 0 Å². The average molecular weight is 238 g/mol. The molecule has 7 heteroatoms. The summed E-state index contributed by atoms with van der Waals surface area (Å²) in [5.74, 6) is 0.0484. The van der Waals surface area contributed by atoms with Crippen LogP contribution in [-0.2, 0) is 7.05 Å². The van der Waals surface area contributed by atoms with Gasteiger partial charge in [0.15, 0.2) is 11.0 Å². The van der Waals surface area contributed by atoms with Crippen molar-refractivity contribution in [2.24, 2.45) is 7.05 Å². The van der Waals surface area contributed by atoms with Crippen molar-refractivity contribution in [3.63, 3.8) is 0 Å². The number of amides is 1. The Hall–Kier alpha value is -1.95. The molecule has 1 N–H and O–H groups in total. The van der Waals surface area contributed by atoms with Gasteiger partial charge in [-0.05, 0) is 18.2 Å². The highest BCUT2D eigenvalue weighted by atomic mass is 35.5. The summed E-state index contributed by atoms with van der Waals surface area (Å²) in [7, 11) is 1.68. The minimum Gasteiger partial charge on any atom is -0.304 e. The average Bonchev–Trinajstić information content (AvgIpc) is 2.68. The van der Waals surface area contributed by atoms with Crippen LogP contribution < -0.4 is 5.32 Å². The first-order valence-corrected chi connectivity index (χ1v) is 4.83. The second-order valence-corrected chi connectivity index (χ2v) is 3.42. The number of nitrogens with zero attached hydrogens (tertiary/aromatic N) is 4. The lowest BCUT2D eigenvalue weighted by molar-refractivity contribution is 0.101. The molecule has 0 bridgehead atoms. The van der Waals surface area contributed by atoms with Crippen LogP contribution in [0.15, 0.2) is 24.4 Å². The predicted molar refractivity (Wildman–Crippen MR) is 58.2 cm³/mol. The van der Waals surface area contributed by atoms with Crippen LogP contribution in [0.3, 0.4) is 0 Å². The van der Waals surface area contributed by atoms with Gasteiger partial charge in [0.1, 0.15) is 5.69 Å². The van der Waals surface area contributed by atoms with Crippen molar-refractivity contribution in [3.05, 3.63) is 35.2 Å². The highest BCUT2D eigenvalue weighted by molar-refractivity contribution is 6.29. The van der Waals surface area contributed by atoms with Gasteiger partial charge in [-0.2, -0.15) is 5.10 Å². The Bertz CT molecular complexity index is 507. The number of halogens is 1. The lowest BCUT2D eigenvalue weighted by atomic mass is 10.4. The van der Waals surface area contributed by atoms with Gasteiger partial charge in [-0.15, -0.1) is 10.2 Å². The molecule has 2 heterocycles. The molecule has 0 fully saturated rings. The van der Waals surface area contributed by atoms with Crippen molar-refractivity contribution < 1.29 is 4.79 Å². The predicted octanol–water partition coefficient (Wildman–Crippen LogP) is 1.12. The summed E-state index contributed by atoms with van der Waals surface area (Å²) in [4.78, 5) is 11.7. The van der Waals surface area contributed by atoms with Gasteiger partial charge in [0, 0.05) is 13.2 Å². The highest BCUT2D eigenvalue weighted by Crippen LogP contribution is 2.07. The van der Waals surface area contributed by atoms with Gasteiger partial charge < -0.3 is 5.32 Å². The van der Waals surface area contributed by atoms with Crippen molar-refractivity contribution >= 4 is 23.3 Å². The molecule has 0 aliphatic rings. The summed E-state index contributed by atoms with van der Waals surface area (Å²) < 4.78 is 1.47. The van der Waals surface area contributed by atoms with Crippen LogP contribution in [0.2, 0.25) is 5.15 Å². The molecule has 2 aromatic rings. The standard InChI is InChI=1S/C9H8ClN5O/c1-15-6(4-5-11-15)9(16)12-8-3-2-7(10)13-14-8/h2-5H,1H3,(H,12,14,16). The second kappa shape index (κ2) is 4.28. The first-order chi connectivity index (χ1) is 7.66. The van der Waals surface area contributed by atoms with E-state index in [1.54, 1.807) is 31.4 Å². The number of hydrogen-bond acceptors (Lipinski definition) is 4. The molecule has 0 aromatic carbocycles. The van der Waals surface area contributed by atoms with E-state index in [1.165, 1.54) is 4.68 Å². The van der Waals surface area contributed by atoms with Gasteiger partial charge in [-0.3, -0.25) is 9.48 Å². The van der Waals surface area contributed by atoms with Crippen LogP contribution >= 0.6 is 11.6 Å². The molecule has 0 saturated carbocycles. The van der Waals surface area contributed by atoms with Gasteiger partial charge in [-0.25, -0.2) is 0 Å². The van der Waals surface area contributed by atoms with Gasteiger partial charge in [0.05, 0.1) is 0 Å². The molecule has 16 heavy (non-hydrogen) atoms. The van der Waals surface area contributed by atoms with Gasteiger partial charge >= 0.3 is 0 Å². The fraction of sp³-hybridized carbons (Fsp3) is 0.111. The summed E-state index contributed by atoms with van der Waals surface area (Å²) >= 11 is 5.57. The largest absolute Gasteiger partial charge is 0.304 e. The van der Waals surface area contributed by atoms with E-state index in [-0.39, 0.29) is 11.1 Å². The third kappa shape index (κ3) is 2.17.